The molecule has 0 N–H and O–H groups in total. The summed E-state index contributed by atoms with van der Waals surface area (Å²) in [6.45, 7) is 1.86. The Morgan fingerprint density at radius 2 is 1.67 bits per heavy atom. The van der Waals surface area contributed by atoms with E-state index in [1.54, 1.807) is 0 Å². The summed E-state index contributed by atoms with van der Waals surface area (Å²) in [5.41, 5.74) is 0.535. The first-order valence-corrected chi connectivity index (χ1v) is 6.17. The Morgan fingerprint density at radius 3 is 2.22 bits per heavy atom. The van der Waals surface area contributed by atoms with Gasteiger partial charge in [-0.25, -0.2) is 9.97 Å². The smallest absolute Gasteiger partial charge is 0.341 e. The van der Waals surface area contributed by atoms with Crippen LogP contribution >= 0.6 is 0 Å². The number of halogens is 3. The van der Waals surface area contributed by atoms with Crippen LogP contribution in [0.1, 0.15) is 31.2 Å². The maximum absolute atomic E-state index is 12.1. The van der Waals surface area contributed by atoms with Gasteiger partial charge in [-0.05, 0) is 31.2 Å². The van der Waals surface area contributed by atoms with E-state index in [-0.39, 0.29) is 6.42 Å². The van der Waals surface area contributed by atoms with Crippen LogP contribution in [0, 0.1) is 0 Å². The van der Waals surface area contributed by atoms with Gasteiger partial charge in [-0.1, -0.05) is 0 Å². The zero-order valence-electron chi connectivity index (χ0n) is 10.1. The van der Waals surface area contributed by atoms with Crippen molar-refractivity contribution >= 4 is 5.95 Å². The van der Waals surface area contributed by atoms with Crippen LogP contribution in [-0.4, -0.2) is 29.2 Å². The van der Waals surface area contributed by atoms with E-state index < -0.39 is 12.6 Å². The molecule has 0 aromatic carbocycles. The van der Waals surface area contributed by atoms with Gasteiger partial charge in [0.1, 0.15) is 0 Å². The summed E-state index contributed by atoms with van der Waals surface area (Å²) < 4.78 is 36.2. The fourth-order valence-corrected chi connectivity index (χ4v) is 2.02. The molecule has 1 saturated heterocycles. The molecule has 18 heavy (non-hydrogen) atoms. The molecule has 3 nitrogen and oxygen atoms in total. The highest BCUT2D eigenvalue weighted by Crippen LogP contribution is 2.22. The van der Waals surface area contributed by atoms with Crippen molar-refractivity contribution < 1.29 is 13.2 Å². The zero-order chi connectivity index (χ0) is 13.0. The average Bonchev–Trinajstić information content (AvgIpc) is 2.37. The number of aryl methyl sites for hydroxylation is 1. The fraction of sp³-hybridized carbons (Fsp3) is 0.667. The lowest BCUT2D eigenvalue weighted by atomic mass is 10.1. The molecule has 1 aromatic heterocycles. The molecule has 6 heteroatoms. The molecular formula is C12H16F3N3. The van der Waals surface area contributed by atoms with Crippen LogP contribution in [0.25, 0.3) is 0 Å². The van der Waals surface area contributed by atoms with E-state index in [4.69, 9.17) is 0 Å². The maximum atomic E-state index is 12.1. The van der Waals surface area contributed by atoms with E-state index in [0.717, 1.165) is 25.9 Å². The molecule has 0 amide bonds. The Morgan fingerprint density at radius 1 is 1.06 bits per heavy atom. The first kappa shape index (κ1) is 13.1. The zero-order valence-corrected chi connectivity index (χ0v) is 10.1. The molecule has 2 heterocycles. The monoisotopic (exact) mass is 259 g/mol. The van der Waals surface area contributed by atoms with Crippen molar-refractivity contribution in [1.29, 1.82) is 0 Å². The third kappa shape index (κ3) is 3.85. The van der Waals surface area contributed by atoms with Gasteiger partial charge in [-0.15, -0.1) is 0 Å². The SMILES string of the molecule is FC(F)(F)CCc1cnc(N2CCCCC2)nc1. The van der Waals surface area contributed by atoms with Gasteiger partial charge in [0.15, 0.2) is 0 Å². The van der Waals surface area contributed by atoms with E-state index >= 15 is 0 Å². The summed E-state index contributed by atoms with van der Waals surface area (Å²) >= 11 is 0. The molecule has 100 valence electrons. The Labute approximate surface area is 104 Å². The highest BCUT2D eigenvalue weighted by molar-refractivity contribution is 5.30. The number of hydrogen-bond acceptors (Lipinski definition) is 3. The minimum Gasteiger partial charge on any atom is -0.341 e. The van der Waals surface area contributed by atoms with Gasteiger partial charge in [0, 0.05) is 31.9 Å². The minimum absolute atomic E-state index is 0.0518. The molecule has 2 rings (SSSR count). The maximum Gasteiger partial charge on any atom is 0.389 e. The molecule has 1 aliphatic heterocycles. The first-order chi connectivity index (χ1) is 8.54. The number of nitrogens with zero attached hydrogens (tertiary/aromatic N) is 3. The summed E-state index contributed by atoms with van der Waals surface area (Å²) in [5.74, 6) is 0.630. The Hall–Kier alpha value is -1.33. The van der Waals surface area contributed by atoms with Gasteiger partial charge in [-0.2, -0.15) is 13.2 Å². The van der Waals surface area contributed by atoms with Crippen LogP contribution in [0.5, 0.6) is 0 Å². The van der Waals surface area contributed by atoms with Crippen molar-refractivity contribution in [2.24, 2.45) is 0 Å². The lowest BCUT2D eigenvalue weighted by Crippen LogP contribution is -2.30. The topological polar surface area (TPSA) is 29.0 Å². The minimum atomic E-state index is -4.12. The standard InChI is InChI=1S/C12H16F3N3/c13-12(14,15)5-4-10-8-16-11(17-9-10)18-6-2-1-3-7-18/h8-9H,1-7H2. The number of alkyl halides is 3. The molecule has 1 aliphatic rings. The van der Waals surface area contributed by atoms with E-state index in [1.165, 1.54) is 18.8 Å². The second kappa shape index (κ2) is 5.54. The number of rotatable bonds is 3. The van der Waals surface area contributed by atoms with Gasteiger partial charge < -0.3 is 4.90 Å². The molecule has 0 unspecified atom stereocenters. The van der Waals surface area contributed by atoms with E-state index in [0.29, 0.717) is 11.5 Å². The number of anilines is 1. The van der Waals surface area contributed by atoms with Crippen molar-refractivity contribution in [3.63, 3.8) is 0 Å². The van der Waals surface area contributed by atoms with Gasteiger partial charge in [0.05, 0.1) is 0 Å². The second-order valence-corrected chi connectivity index (χ2v) is 4.55. The largest absolute Gasteiger partial charge is 0.389 e. The molecule has 0 radical (unpaired) electrons. The van der Waals surface area contributed by atoms with E-state index in [1.807, 2.05) is 0 Å². The lowest BCUT2D eigenvalue weighted by molar-refractivity contribution is -0.134. The van der Waals surface area contributed by atoms with Gasteiger partial charge >= 0.3 is 6.18 Å². The van der Waals surface area contributed by atoms with Crippen LogP contribution in [-0.2, 0) is 6.42 Å². The second-order valence-electron chi connectivity index (χ2n) is 4.55. The van der Waals surface area contributed by atoms with Crippen molar-refractivity contribution in [1.82, 2.24) is 9.97 Å². The molecule has 1 aromatic rings. The molecule has 0 saturated carbocycles. The quantitative estimate of drug-likeness (QED) is 0.835. The molecule has 0 spiro atoms. The van der Waals surface area contributed by atoms with Crippen LogP contribution in [0.4, 0.5) is 19.1 Å². The Balaban J connectivity index is 1.92. The summed E-state index contributed by atoms with van der Waals surface area (Å²) in [7, 11) is 0. The van der Waals surface area contributed by atoms with Gasteiger partial charge in [0.2, 0.25) is 5.95 Å². The predicted octanol–water partition coefficient (Wildman–Crippen LogP) is 2.96. The molecule has 1 fully saturated rings. The van der Waals surface area contributed by atoms with Crippen molar-refractivity contribution in [2.75, 3.05) is 18.0 Å². The number of aromatic nitrogens is 2. The van der Waals surface area contributed by atoms with Crippen molar-refractivity contribution in [3.05, 3.63) is 18.0 Å². The van der Waals surface area contributed by atoms with E-state index in [9.17, 15) is 13.2 Å². The van der Waals surface area contributed by atoms with Crippen molar-refractivity contribution in [2.45, 2.75) is 38.3 Å². The highest BCUT2D eigenvalue weighted by atomic mass is 19.4. The Kier molecular flexibility index (Phi) is 4.04. The van der Waals surface area contributed by atoms with Crippen LogP contribution in [0.3, 0.4) is 0 Å². The number of piperidine rings is 1. The molecular weight excluding hydrogens is 243 g/mol. The van der Waals surface area contributed by atoms with Gasteiger partial charge in [-0.3, -0.25) is 0 Å². The van der Waals surface area contributed by atoms with Crippen LogP contribution in [0.15, 0.2) is 12.4 Å². The molecule has 0 bridgehead atoms. The summed E-state index contributed by atoms with van der Waals surface area (Å²) in [5, 5.41) is 0. The van der Waals surface area contributed by atoms with Gasteiger partial charge in [0.25, 0.3) is 0 Å². The first-order valence-electron chi connectivity index (χ1n) is 6.17. The average molecular weight is 259 g/mol. The summed E-state index contributed by atoms with van der Waals surface area (Å²) in [6.07, 6.45) is 1.48. The Bertz CT molecular complexity index is 369. The third-order valence-electron chi connectivity index (χ3n) is 3.03. The lowest BCUT2D eigenvalue weighted by Gasteiger charge is -2.26. The molecule has 0 atom stereocenters. The normalized spacial score (nSPS) is 16.9. The van der Waals surface area contributed by atoms with Crippen molar-refractivity contribution in [3.8, 4) is 0 Å². The third-order valence-corrected chi connectivity index (χ3v) is 3.03. The number of hydrogen-bond donors (Lipinski definition) is 0. The highest BCUT2D eigenvalue weighted by Gasteiger charge is 2.26. The fourth-order valence-electron chi connectivity index (χ4n) is 2.02. The van der Waals surface area contributed by atoms with Crippen LogP contribution in [0.2, 0.25) is 0 Å². The van der Waals surface area contributed by atoms with E-state index in [2.05, 4.69) is 14.9 Å². The van der Waals surface area contributed by atoms with Crippen LogP contribution < -0.4 is 4.90 Å². The predicted molar refractivity (Wildman–Crippen MR) is 62.5 cm³/mol. The molecule has 0 aliphatic carbocycles. The summed E-state index contributed by atoms with van der Waals surface area (Å²) in [4.78, 5) is 10.4. The summed E-state index contributed by atoms with van der Waals surface area (Å²) in [6, 6.07) is 0.